The summed E-state index contributed by atoms with van der Waals surface area (Å²) in [5.41, 5.74) is 2.29. The molecule has 6 heteroatoms. The fraction of sp³-hybridized carbons (Fsp3) is 0.105. The van der Waals surface area contributed by atoms with E-state index in [0.717, 1.165) is 32.7 Å². The Balaban J connectivity index is 1.56. The van der Waals surface area contributed by atoms with Crippen LogP contribution in [0.15, 0.2) is 54.6 Å². The lowest BCUT2D eigenvalue weighted by atomic mass is 10.1. The predicted octanol–water partition coefficient (Wildman–Crippen LogP) is 3.96. The van der Waals surface area contributed by atoms with Crippen LogP contribution in [0.5, 0.6) is 5.75 Å². The molecule has 2 heterocycles. The maximum Gasteiger partial charge on any atom is 0.234 e. The first-order chi connectivity index (χ1) is 12.3. The molecule has 5 nitrogen and oxygen atoms in total. The van der Waals surface area contributed by atoms with Crippen molar-refractivity contribution in [1.82, 2.24) is 19.8 Å². The summed E-state index contributed by atoms with van der Waals surface area (Å²) in [5.74, 6) is 1.67. The highest BCUT2D eigenvalue weighted by molar-refractivity contribution is 7.17. The van der Waals surface area contributed by atoms with E-state index in [1.54, 1.807) is 7.11 Å². The van der Waals surface area contributed by atoms with Crippen LogP contribution in [0.2, 0.25) is 0 Å². The highest BCUT2D eigenvalue weighted by Crippen LogP contribution is 2.19. The number of methoxy groups -OCH3 is 1. The van der Waals surface area contributed by atoms with Crippen LogP contribution in [0.1, 0.15) is 22.0 Å². The number of nitrogens with zero attached hydrogens (tertiary/aromatic N) is 4. The monoisotopic (exact) mass is 348 g/mol. The summed E-state index contributed by atoms with van der Waals surface area (Å²) < 4.78 is 7.01. The molecule has 2 aromatic heterocycles. The lowest BCUT2D eigenvalue weighted by molar-refractivity contribution is 0.414. The molecule has 0 saturated carbocycles. The average Bonchev–Trinajstić information content (AvgIpc) is 3.23. The van der Waals surface area contributed by atoms with Crippen LogP contribution < -0.4 is 4.74 Å². The molecule has 0 amide bonds. The van der Waals surface area contributed by atoms with Gasteiger partial charge in [0.1, 0.15) is 10.8 Å². The van der Waals surface area contributed by atoms with E-state index in [1.165, 1.54) is 11.3 Å². The number of ether oxygens (including phenoxy) is 1. The van der Waals surface area contributed by atoms with Gasteiger partial charge in [-0.25, -0.2) is 0 Å². The van der Waals surface area contributed by atoms with Crippen molar-refractivity contribution in [2.45, 2.75) is 6.42 Å². The fourth-order valence-electron chi connectivity index (χ4n) is 2.51. The molecule has 0 bridgehead atoms. The summed E-state index contributed by atoms with van der Waals surface area (Å²) in [5, 5.41) is 14.0. The van der Waals surface area contributed by atoms with E-state index < -0.39 is 0 Å². The van der Waals surface area contributed by atoms with Gasteiger partial charge in [0.15, 0.2) is 5.82 Å². The van der Waals surface area contributed by atoms with Gasteiger partial charge in [-0.3, -0.25) is 0 Å². The molecule has 0 spiro atoms. The first kappa shape index (κ1) is 15.5. The van der Waals surface area contributed by atoms with Crippen molar-refractivity contribution in [2.75, 3.05) is 7.11 Å². The Labute approximate surface area is 149 Å². The molecule has 124 valence electrons. The lowest BCUT2D eigenvalue weighted by Crippen LogP contribution is -1.97. The van der Waals surface area contributed by atoms with Gasteiger partial charge in [-0.05, 0) is 29.3 Å². The summed E-state index contributed by atoms with van der Waals surface area (Å²) in [6, 6.07) is 18.1. The van der Waals surface area contributed by atoms with E-state index in [-0.39, 0.29) is 0 Å². The van der Waals surface area contributed by atoms with Gasteiger partial charge in [0.05, 0.1) is 7.11 Å². The van der Waals surface area contributed by atoms with Crippen LogP contribution in [-0.4, -0.2) is 26.9 Å². The molecule has 0 aliphatic heterocycles. The molecule has 4 aromatic rings. The molecule has 0 aliphatic carbocycles. The van der Waals surface area contributed by atoms with E-state index in [0.29, 0.717) is 6.42 Å². The number of rotatable bonds is 5. The maximum absolute atomic E-state index is 5.19. The van der Waals surface area contributed by atoms with Gasteiger partial charge in [0.2, 0.25) is 4.96 Å². The number of aromatic nitrogens is 4. The molecule has 0 N–H and O–H groups in total. The second kappa shape index (κ2) is 6.86. The van der Waals surface area contributed by atoms with Gasteiger partial charge < -0.3 is 4.74 Å². The molecular formula is C19H16N4OS. The van der Waals surface area contributed by atoms with Crippen LogP contribution in [0, 0.1) is 0 Å². The third-order valence-electron chi connectivity index (χ3n) is 3.81. The van der Waals surface area contributed by atoms with Crippen LogP contribution in [0.3, 0.4) is 0 Å². The zero-order valence-corrected chi connectivity index (χ0v) is 14.5. The molecule has 25 heavy (non-hydrogen) atoms. The SMILES string of the molecule is COc1ccc(Cc2nnc3sc(/C=C\c4ccccc4)nn23)cc1. The first-order valence-electron chi connectivity index (χ1n) is 7.89. The second-order valence-electron chi connectivity index (χ2n) is 5.52. The molecule has 0 saturated heterocycles. The Kier molecular flexibility index (Phi) is 4.26. The van der Waals surface area contributed by atoms with Crippen molar-refractivity contribution in [3.05, 3.63) is 76.6 Å². The standard InChI is InChI=1S/C19H16N4OS/c1-24-16-10-7-15(8-11-16)13-17-20-21-19-23(17)22-18(25-19)12-9-14-5-3-2-4-6-14/h2-12H,13H2,1H3/b12-9-. The van der Waals surface area contributed by atoms with Crippen molar-refractivity contribution >= 4 is 28.4 Å². The number of fused-ring (bicyclic) bond motifs is 1. The molecule has 2 aromatic carbocycles. The van der Waals surface area contributed by atoms with E-state index in [2.05, 4.69) is 33.5 Å². The number of benzene rings is 2. The highest BCUT2D eigenvalue weighted by Gasteiger charge is 2.11. The summed E-state index contributed by atoms with van der Waals surface area (Å²) in [6.45, 7) is 0. The quantitative estimate of drug-likeness (QED) is 0.548. The van der Waals surface area contributed by atoms with Gasteiger partial charge in [-0.1, -0.05) is 59.9 Å². The van der Waals surface area contributed by atoms with Crippen molar-refractivity contribution in [2.24, 2.45) is 0 Å². The maximum atomic E-state index is 5.19. The first-order valence-corrected chi connectivity index (χ1v) is 8.70. The molecule has 0 aliphatic rings. The summed E-state index contributed by atoms with van der Waals surface area (Å²) in [6.07, 6.45) is 4.73. The summed E-state index contributed by atoms with van der Waals surface area (Å²) >= 11 is 1.53. The smallest absolute Gasteiger partial charge is 0.234 e. The molecule has 0 radical (unpaired) electrons. The Hall–Kier alpha value is -2.99. The minimum atomic E-state index is 0.677. The van der Waals surface area contributed by atoms with Gasteiger partial charge in [0.25, 0.3) is 0 Å². The minimum Gasteiger partial charge on any atom is -0.497 e. The largest absolute Gasteiger partial charge is 0.497 e. The third kappa shape index (κ3) is 3.44. The van der Waals surface area contributed by atoms with Gasteiger partial charge in [0, 0.05) is 6.42 Å². The number of hydrogen-bond acceptors (Lipinski definition) is 5. The van der Waals surface area contributed by atoms with Gasteiger partial charge in [-0.2, -0.15) is 9.61 Å². The Morgan fingerprint density at radius 2 is 1.80 bits per heavy atom. The van der Waals surface area contributed by atoms with Gasteiger partial charge >= 0.3 is 0 Å². The van der Waals surface area contributed by atoms with Crippen molar-refractivity contribution < 1.29 is 4.74 Å². The Bertz CT molecular complexity index is 1000. The highest BCUT2D eigenvalue weighted by atomic mass is 32.1. The van der Waals surface area contributed by atoms with E-state index >= 15 is 0 Å². The van der Waals surface area contributed by atoms with Crippen molar-refractivity contribution in [3.63, 3.8) is 0 Å². The molecule has 0 atom stereocenters. The van der Waals surface area contributed by atoms with E-state index in [4.69, 9.17) is 4.74 Å². The van der Waals surface area contributed by atoms with Crippen molar-refractivity contribution in [1.29, 1.82) is 0 Å². The topological polar surface area (TPSA) is 52.3 Å². The van der Waals surface area contributed by atoms with Gasteiger partial charge in [-0.15, -0.1) is 10.2 Å². The normalized spacial score (nSPS) is 11.4. The van der Waals surface area contributed by atoms with Crippen LogP contribution in [-0.2, 0) is 6.42 Å². The van der Waals surface area contributed by atoms with E-state index in [1.807, 2.05) is 53.1 Å². The average molecular weight is 348 g/mol. The second-order valence-corrected chi connectivity index (χ2v) is 6.51. The third-order valence-corrected chi connectivity index (χ3v) is 4.67. The summed E-state index contributed by atoms with van der Waals surface area (Å²) in [7, 11) is 1.66. The summed E-state index contributed by atoms with van der Waals surface area (Å²) in [4.78, 5) is 0.802. The minimum absolute atomic E-state index is 0.677. The molecule has 4 rings (SSSR count). The molecule has 0 fully saturated rings. The number of hydrogen-bond donors (Lipinski definition) is 0. The molecular weight excluding hydrogens is 332 g/mol. The lowest BCUT2D eigenvalue weighted by Gasteiger charge is -2.01. The van der Waals surface area contributed by atoms with E-state index in [9.17, 15) is 0 Å². The zero-order valence-electron chi connectivity index (χ0n) is 13.7. The van der Waals surface area contributed by atoms with Crippen LogP contribution in [0.4, 0.5) is 0 Å². The van der Waals surface area contributed by atoms with Crippen LogP contribution >= 0.6 is 11.3 Å². The van der Waals surface area contributed by atoms with Crippen LogP contribution in [0.25, 0.3) is 17.1 Å². The predicted molar refractivity (Wildman–Crippen MR) is 99.8 cm³/mol. The molecule has 0 unspecified atom stereocenters. The van der Waals surface area contributed by atoms with Crippen molar-refractivity contribution in [3.8, 4) is 5.75 Å². The fourth-order valence-corrected chi connectivity index (χ4v) is 3.27. The Morgan fingerprint density at radius 3 is 2.56 bits per heavy atom. The Morgan fingerprint density at radius 1 is 1.00 bits per heavy atom. The zero-order chi connectivity index (χ0) is 17.1.